The lowest BCUT2D eigenvalue weighted by Gasteiger charge is -2.22. The summed E-state index contributed by atoms with van der Waals surface area (Å²) in [6.07, 6.45) is 3.97. The van der Waals surface area contributed by atoms with E-state index in [4.69, 9.17) is 4.99 Å². The van der Waals surface area contributed by atoms with Gasteiger partial charge in [-0.1, -0.05) is 0 Å². The van der Waals surface area contributed by atoms with Crippen molar-refractivity contribution in [2.45, 2.75) is 26.9 Å². The van der Waals surface area contributed by atoms with Crippen LogP contribution in [-0.2, 0) is 20.1 Å². The van der Waals surface area contributed by atoms with Crippen LogP contribution >= 0.6 is 51.2 Å². The molecule has 0 saturated carbocycles. The summed E-state index contributed by atoms with van der Waals surface area (Å²) < 4.78 is 3.22. The largest absolute Gasteiger partial charge is 0.357 e. The van der Waals surface area contributed by atoms with Gasteiger partial charge in [-0.2, -0.15) is 0 Å². The second kappa shape index (κ2) is 9.63. The summed E-state index contributed by atoms with van der Waals surface area (Å²) in [4.78, 5) is 12.3. The maximum Gasteiger partial charge on any atom is 0.194 e. The number of hydrogen-bond donors (Lipinski definition) is 1. The van der Waals surface area contributed by atoms with Crippen LogP contribution in [0.5, 0.6) is 0 Å². The Morgan fingerprint density at radius 1 is 1.52 bits per heavy atom. The molecule has 0 aliphatic heterocycles. The van der Waals surface area contributed by atoms with E-state index in [1.54, 1.807) is 11.3 Å². The third-order valence-electron chi connectivity index (χ3n) is 3.22. The third kappa shape index (κ3) is 6.07. The minimum Gasteiger partial charge on any atom is -0.357 e. The first-order valence-corrected chi connectivity index (χ1v) is 8.82. The number of hydrogen-bond acceptors (Lipinski definition) is 3. The maximum absolute atomic E-state index is 4.71. The summed E-state index contributed by atoms with van der Waals surface area (Å²) in [5, 5.41) is 4.43. The molecule has 2 aromatic rings. The Morgan fingerprint density at radius 2 is 2.26 bits per heavy atom. The Balaban J connectivity index is 0.00000264. The fourth-order valence-corrected chi connectivity index (χ4v) is 3.43. The molecule has 0 amide bonds. The molecular formula is C15H23BrIN5S. The van der Waals surface area contributed by atoms with Crippen molar-refractivity contribution < 1.29 is 0 Å². The third-order valence-corrected chi connectivity index (χ3v) is 4.56. The molecule has 0 saturated heterocycles. The fraction of sp³-hybridized carbons (Fsp3) is 0.467. The predicted octanol–water partition coefficient (Wildman–Crippen LogP) is 3.77. The van der Waals surface area contributed by atoms with E-state index in [-0.39, 0.29) is 24.0 Å². The molecule has 2 aromatic heterocycles. The number of aliphatic imine (C=N–C) groups is 1. The fourth-order valence-electron chi connectivity index (χ4n) is 2.14. The molecule has 0 spiro atoms. The van der Waals surface area contributed by atoms with Crippen LogP contribution in [0.3, 0.4) is 0 Å². The Kier molecular flexibility index (Phi) is 8.56. The van der Waals surface area contributed by atoms with Crippen molar-refractivity contribution in [1.29, 1.82) is 0 Å². The van der Waals surface area contributed by atoms with Crippen LogP contribution in [0.1, 0.15) is 22.5 Å². The molecular weight excluding hydrogens is 489 g/mol. The second-order valence-electron chi connectivity index (χ2n) is 5.13. The molecule has 0 bridgehead atoms. The van der Waals surface area contributed by atoms with E-state index in [2.05, 4.69) is 69.0 Å². The number of nitrogens with zero attached hydrogens (tertiary/aromatic N) is 4. The predicted molar refractivity (Wildman–Crippen MR) is 112 cm³/mol. The van der Waals surface area contributed by atoms with Gasteiger partial charge in [0.1, 0.15) is 0 Å². The van der Waals surface area contributed by atoms with E-state index in [9.17, 15) is 0 Å². The van der Waals surface area contributed by atoms with E-state index in [0.717, 1.165) is 28.5 Å². The first-order valence-electron chi connectivity index (χ1n) is 7.21. The lowest BCUT2D eigenvalue weighted by atomic mass is 10.4. The minimum absolute atomic E-state index is 0. The molecule has 0 aliphatic rings. The molecule has 0 atom stereocenters. The summed E-state index contributed by atoms with van der Waals surface area (Å²) >= 11 is 5.21. The molecule has 23 heavy (non-hydrogen) atoms. The molecule has 8 heteroatoms. The van der Waals surface area contributed by atoms with Crippen LogP contribution < -0.4 is 5.32 Å². The molecule has 2 rings (SSSR count). The van der Waals surface area contributed by atoms with Crippen molar-refractivity contribution in [2.75, 3.05) is 13.6 Å². The van der Waals surface area contributed by atoms with Crippen molar-refractivity contribution in [2.24, 2.45) is 12.0 Å². The first-order chi connectivity index (χ1) is 10.5. The number of guanidine groups is 1. The molecule has 0 fully saturated rings. The first kappa shape index (κ1) is 20.4. The van der Waals surface area contributed by atoms with Crippen molar-refractivity contribution in [3.8, 4) is 0 Å². The Labute approximate surface area is 167 Å². The van der Waals surface area contributed by atoms with Gasteiger partial charge in [0.15, 0.2) is 5.96 Å². The van der Waals surface area contributed by atoms with Gasteiger partial charge < -0.3 is 14.8 Å². The van der Waals surface area contributed by atoms with Gasteiger partial charge in [-0.3, -0.25) is 0 Å². The Bertz CT molecular complexity index is 652. The van der Waals surface area contributed by atoms with Crippen LogP contribution in [0.25, 0.3) is 0 Å². The Morgan fingerprint density at radius 3 is 2.78 bits per heavy atom. The number of halogens is 2. The zero-order valence-electron chi connectivity index (χ0n) is 13.8. The maximum atomic E-state index is 4.71. The lowest BCUT2D eigenvalue weighted by Crippen LogP contribution is -2.38. The quantitative estimate of drug-likeness (QED) is 0.377. The molecule has 0 aromatic carbocycles. The Hall–Kier alpha value is -0.610. The van der Waals surface area contributed by atoms with Crippen molar-refractivity contribution in [1.82, 2.24) is 19.8 Å². The van der Waals surface area contributed by atoms with E-state index >= 15 is 0 Å². The molecule has 0 radical (unpaired) electrons. The van der Waals surface area contributed by atoms with Crippen LogP contribution in [0.2, 0.25) is 0 Å². The second-order valence-corrected chi connectivity index (χ2v) is 7.37. The van der Waals surface area contributed by atoms with Gasteiger partial charge in [0.2, 0.25) is 0 Å². The van der Waals surface area contributed by atoms with Gasteiger partial charge in [-0.25, -0.2) is 9.98 Å². The number of aryl methyl sites for hydroxylation is 2. The highest BCUT2D eigenvalue weighted by atomic mass is 127. The average molecular weight is 512 g/mol. The van der Waals surface area contributed by atoms with Gasteiger partial charge >= 0.3 is 0 Å². The minimum atomic E-state index is 0. The van der Waals surface area contributed by atoms with Gasteiger partial charge in [0.05, 0.1) is 18.1 Å². The molecule has 0 aliphatic carbocycles. The van der Waals surface area contributed by atoms with Crippen molar-refractivity contribution in [3.05, 3.63) is 38.5 Å². The standard InChI is InChI=1S/C15H22BrN5S.HI/c1-5-17-15(19-8-14-7-18-11(2)22-14)21(4)10-13-6-12(16)9-20(13)3;/h6-7,9H,5,8,10H2,1-4H3,(H,17,19);1H. The van der Waals surface area contributed by atoms with Gasteiger partial charge in [0, 0.05) is 48.1 Å². The van der Waals surface area contributed by atoms with Crippen molar-refractivity contribution in [3.63, 3.8) is 0 Å². The number of aromatic nitrogens is 2. The highest BCUT2D eigenvalue weighted by Crippen LogP contribution is 2.15. The smallest absolute Gasteiger partial charge is 0.194 e. The highest BCUT2D eigenvalue weighted by molar-refractivity contribution is 14.0. The molecule has 128 valence electrons. The van der Waals surface area contributed by atoms with Gasteiger partial charge in [-0.05, 0) is 35.8 Å². The van der Waals surface area contributed by atoms with Crippen LogP contribution in [-0.4, -0.2) is 34.0 Å². The number of thiazole rings is 1. The zero-order chi connectivity index (χ0) is 16.1. The van der Waals surface area contributed by atoms with E-state index in [1.807, 2.05) is 13.1 Å². The molecule has 2 heterocycles. The average Bonchev–Trinajstić information content (AvgIpc) is 3.00. The molecule has 0 unspecified atom stereocenters. The monoisotopic (exact) mass is 511 g/mol. The highest BCUT2D eigenvalue weighted by Gasteiger charge is 2.10. The van der Waals surface area contributed by atoms with Crippen molar-refractivity contribution >= 4 is 57.2 Å². The van der Waals surface area contributed by atoms with E-state index in [0.29, 0.717) is 6.54 Å². The van der Waals surface area contributed by atoms with Gasteiger partial charge in [-0.15, -0.1) is 35.3 Å². The zero-order valence-corrected chi connectivity index (χ0v) is 18.6. The van der Waals surface area contributed by atoms with Crippen LogP contribution in [0.4, 0.5) is 0 Å². The normalized spacial score (nSPS) is 11.3. The number of rotatable bonds is 5. The van der Waals surface area contributed by atoms with Gasteiger partial charge in [0.25, 0.3) is 0 Å². The van der Waals surface area contributed by atoms with E-state index < -0.39 is 0 Å². The molecule has 1 N–H and O–H groups in total. The summed E-state index contributed by atoms with van der Waals surface area (Å²) in [6, 6.07) is 2.13. The summed E-state index contributed by atoms with van der Waals surface area (Å²) in [6.45, 7) is 6.41. The topological polar surface area (TPSA) is 45.5 Å². The molecule has 5 nitrogen and oxygen atoms in total. The summed E-state index contributed by atoms with van der Waals surface area (Å²) in [5.41, 5.74) is 1.23. The lowest BCUT2D eigenvalue weighted by molar-refractivity contribution is 0.462. The van der Waals surface area contributed by atoms with E-state index in [1.165, 1.54) is 10.6 Å². The summed E-state index contributed by atoms with van der Waals surface area (Å²) in [5.74, 6) is 0.908. The number of nitrogens with one attached hydrogen (secondary N) is 1. The SMILES string of the molecule is CCNC(=NCc1cnc(C)s1)N(C)Cc1cc(Br)cn1C.I. The van der Waals surface area contributed by atoms with Crippen LogP contribution in [0.15, 0.2) is 27.9 Å². The summed E-state index contributed by atoms with van der Waals surface area (Å²) in [7, 11) is 4.11. The van der Waals surface area contributed by atoms with Crippen LogP contribution in [0, 0.1) is 6.92 Å².